The van der Waals surface area contributed by atoms with Crippen molar-refractivity contribution in [3.63, 3.8) is 0 Å². The smallest absolute Gasteiger partial charge is 0.153 e. The summed E-state index contributed by atoms with van der Waals surface area (Å²) in [5, 5.41) is 0.603. The van der Waals surface area contributed by atoms with Gasteiger partial charge in [0.05, 0.1) is 12.2 Å². The second kappa shape index (κ2) is 3.38. The summed E-state index contributed by atoms with van der Waals surface area (Å²) >= 11 is 5.85. The van der Waals surface area contributed by atoms with E-state index in [1.807, 2.05) is 6.07 Å². The number of hydrogen-bond donors (Lipinski definition) is 0. The number of hydrogen-bond acceptors (Lipinski definition) is 2. The van der Waals surface area contributed by atoms with Gasteiger partial charge in [0.2, 0.25) is 0 Å². The van der Waals surface area contributed by atoms with Crippen LogP contribution in [0.25, 0.3) is 0 Å². The lowest BCUT2D eigenvalue weighted by Gasteiger charge is -2.18. The van der Waals surface area contributed by atoms with Gasteiger partial charge < -0.3 is 4.74 Å². The van der Waals surface area contributed by atoms with E-state index in [9.17, 15) is 4.79 Å². The van der Waals surface area contributed by atoms with Crippen LogP contribution in [0.4, 0.5) is 0 Å². The molecule has 3 heteroatoms. The molecule has 68 valence electrons. The molecule has 0 aromatic heterocycles. The zero-order valence-electron chi connectivity index (χ0n) is 7.05. The Hall–Kier alpha value is -1.02. The third-order valence-electron chi connectivity index (χ3n) is 2.12. The number of aryl methyl sites for hydroxylation is 1. The molecule has 0 amide bonds. The van der Waals surface area contributed by atoms with Crippen LogP contribution in [-0.4, -0.2) is 12.9 Å². The average Bonchev–Trinajstić information content (AvgIpc) is 2.16. The molecule has 0 saturated carbocycles. The summed E-state index contributed by atoms with van der Waals surface area (Å²) in [6.07, 6.45) is 2.72. The van der Waals surface area contributed by atoms with Gasteiger partial charge in [0, 0.05) is 5.02 Å². The lowest BCUT2D eigenvalue weighted by molar-refractivity contribution is 0.111. The van der Waals surface area contributed by atoms with Gasteiger partial charge in [0.1, 0.15) is 5.75 Å². The first-order chi connectivity index (χ1) is 6.31. The average molecular weight is 197 g/mol. The van der Waals surface area contributed by atoms with Crippen LogP contribution in [0.3, 0.4) is 0 Å². The number of ether oxygens (including phenoxy) is 1. The summed E-state index contributed by atoms with van der Waals surface area (Å²) in [5.41, 5.74) is 1.60. The molecule has 1 heterocycles. The minimum absolute atomic E-state index is 0.558. The number of halogens is 1. The second-order valence-electron chi connectivity index (χ2n) is 3.05. The number of aldehydes is 1. The summed E-state index contributed by atoms with van der Waals surface area (Å²) in [4.78, 5) is 10.7. The Kier molecular flexibility index (Phi) is 2.23. The first-order valence-electron chi connectivity index (χ1n) is 4.21. The van der Waals surface area contributed by atoms with Crippen LogP contribution in [0.5, 0.6) is 5.75 Å². The maximum atomic E-state index is 10.7. The van der Waals surface area contributed by atoms with E-state index in [4.69, 9.17) is 16.3 Å². The molecular weight excluding hydrogens is 188 g/mol. The molecule has 0 radical (unpaired) electrons. The maximum absolute atomic E-state index is 10.7. The number of fused-ring (bicyclic) bond motifs is 1. The molecule has 0 bridgehead atoms. The Bertz CT molecular complexity index is 347. The van der Waals surface area contributed by atoms with Crippen molar-refractivity contribution in [1.29, 1.82) is 0 Å². The molecule has 13 heavy (non-hydrogen) atoms. The van der Waals surface area contributed by atoms with Crippen molar-refractivity contribution in [3.8, 4) is 5.75 Å². The summed E-state index contributed by atoms with van der Waals surface area (Å²) in [6.45, 7) is 0.690. The van der Waals surface area contributed by atoms with Crippen LogP contribution in [0, 0.1) is 0 Å². The zero-order chi connectivity index (χ0) is 9.26. The lowest BCUT2D eigenvalue weighted by Crippen LogP contribution is -2.10. The van der Waals surface area contributed by atoms with E-state index in [2.05, 4.69) is 0 Å². The molecule has 2 nitrogen and oxygen atoms in total. The van der Waals surface area contributed by atoms with Gasteiger partial charge in [0.15, 0.2) is 6.29 Å². The predicted molar refractivity (Wildman–Crippen MR) is 50.7 cm³/mol. The third kappa shape index (κ3) is 1.54. The molecule has 0 fully saturated rings. The Morgan fingerprint density at radius 1 is 1.46 bits per heavy atom. The summed E-state index contributed by atoms with van der Waals surface area (Å²) in [5.74, 6) is 0.714. The van der Waals surface area contributed by atoms with Crippen LogP contribution in [-0.2, 0) is 6.42 Å². The minimum Gasteiger partial charge on any atom is -0.493 e. The normalized spacial score (nSPS) is 14.5. The predicted octanol–water partition coefficient (Wildman–Crippen LogP) is 2.48. The van der Waals surface area contributed by atoms with Gasteiger partial charge in [-0.1, -0.05) is 11.6 Å². The van der Waals surface area contributed by atoms with Crippen molar-refractivity contribution < 1.29 is 9.53 Å². The Morgan fingerprint density at radius 2 is 2.31 bits per heavy atom. The van der Waals surface area contributed by atoms with E-state index in [1.54, 1.807) is 6.07 Å². The SMILES string of the molecule is O=Cc1cc(Cl)cc2c1OCCC2. The Morgan fingerprint density at radius 3 is 3.08 bits per heavy atom. The van der Waals surface area contributed by atoms with Crippen LogP contribution in [0.1, 0.15) is 22.3 Å². The van der Waals surface area contributed by atoms with Gasteiger partial charge >= 0.3 is 0 Å². The minimum atomic E-state index is 0.558. The molecule has 2 rings (SSSR count). The largest absolute Gasteiger partial charge is 0.493 e. The fourth-order valence-electron chi connectivity index (χ4n) is 1.56. The lowest BCUT2D eigenvalue weighted by atomic mass is 10.0. The monoisotopic (exact) mass is 196 g/mol. The van der Waals surface area contributed by atoms with Crippen LogP contribution in [0.15, 0.2) is 12.1 Å². The van der Waals surface area contributed by atoms with Gasteiger partial charge in [-0.25, -0.2) is 0 Å². The molecule has 0 N–H and O–H groups in total. The van der Waals surface area contributed by atoms with Gasteiger partial charge in [-0.3, -0.25) is 4.79 Å². The first-order valence-corrected chi connectivity index (χ1v) is 4.59. The molecule has 1 aromatic carbocycles. The van der Waals surface area contributed by atoms with Crippen molar-refractivity contribution in [1.82, 2.24) is 0 Å². The Labute approximate surface area is 81.5 Å². The Balaban J connectivity index is 2.56. The van der Waals surface area contributed by atoms with Gasteiger partial charge in [-0.15, -0.1) is 0 Å². The summed E-state index contributed by atoms with van der Waals surface area (Å²) in [6, 6.07) is 3.50. The highest BCUT2D eigenvalue weighted by molar-refractivity contribution is 6.31. The summed E-state index contributed by atoms with van der Waals surface area (Å²) < 4.78 is 5.41. The zero-order valence-corrected chi connectivity index (χ0v) is 7.80. The fourth-order valence-corrected chi connectivity index (χ4v) is 1.81. The van der Waals surface area contributed by atoms with Crippen LogP contribution >= 0.6 is 11.6 Å². The van der Waals surface area contributed by atoms with E-state index in [0.717, 1.165) is 24.7 Å². The molecule has 1 aromatic rings. The van der Waals surface area contributed by atoms with Crippen molar-refractivity contribution in [3.05, 3.63) is 28.3 Å². The highest BCUT2D eigenvalue weighted by Gasteiger charge is 2.15. The standard InChI is InChI=1S/C10H9ClO2/c11-9-4-7-2-1-3-13-10(7)8(5-9)6-12/h4-6H,1-3H2. The fraction of sp³-hybridized carbons (Fsp3) is 0.300. The molecule has 0 unspecified atom stereocenters. The molecule has 0 saturated heterocycles. The molecule has 1 aliphatic rings. The topological polar surface area (TPSA) is 26.3 Å². The van der Waals surface area contributed by atoms with E-state index >= 15 is 0 Å². The third-order valence-corrected chi connectivity index (χ3v) is 2.34. The molecule has 0 atom stereocenters. The van der Waals surface area contributed by atoms with E-state index < -0.39 is 0 Å². The molecular formula is C10H9ClO2. The van der Waals surface area contributed by atoms with E-state index in [0.29, 0.717) is 22.9 Å². The van der Waals surface area contributed by atoms with Crippen LogP contribution in [0.2, 0.25) is 5.02 Å². The number of benzene rings is 1. The summed E-state index contributed by atoms with van der Waals surface area (Å²) in [7, 11) is 0. The van der Waals surface area contributed by atoms with Gasteiger partial charge in [-0.05, 0) is 30.5 Å². The number of carbonyl (C=O) groups excluding carboxylic acids is 1. The quantitative estimate of drug-likeness (QED) is 0.645. The number of carbonyl (C=O) groups is 1. The van der Waals surface area contributed by atoms with Crippen molar-refractivity contribution >= 4 is 17.9 Å². The van der Waals surface area contributed by atoms with Crippen molar-refractivity contribution in [2.45, 2.75) is 12.8 Å². The second-order valence-corrected chi connectivity index (χ2v) is 3.49. The van der Waals surface area contributed by atoms with Crippen molar-refractivity contribution in [2.24, 2.45) is 0 Å². The van der Waals surface area contributed by atoms with Gasteiger partial charge in [0.25, 0.3) is 0 Å². The van der Waals surface area contributed by atoms with E-state index in [-0.39, 0.29) is 0 Å². The highest BCUT2D eigenvalue weighted by atomic mass is 35.5. The molecule has 0 aliphatic carbocycles. The van der Waals surface area contributed by atoms with Gasteiger partial charge in [-0.2, -0.15) is 0 Å². The van der Waals surface area contributed by atoms with Crippen molar-refractivity contribution in [2.75, 3.05) is 6.61 Å². The first kappa shape index (κ1) is 8.57. The highest BCUT2D eigenvalue weighted by Crippen LogP contribution is 2.30. The maximum Gasteiger partial charge on any atom is 0.153 e. The molecule has 0 spiro atoms. The van der Waals surface area contributed by atoms with E-state index in [1.165, 1.54) is 0 Å². The van der Waals surface area contributed by atoms with Crippen LogP contribution < -0.4 is 4.74 Å². The number of rotatable bonds is 1. The molecule has 1 aliphatic heterocycles.